The number of nitrogens with zero attached hydrogens (tertiary/aromatic N) is 4. The molecule has 3 heterocycles. The van der Waals surface area contributed by atoms with Crippen molar-refractivity contribution in [3.05, 3.63) is 59.9 Å². The van der Waals surface area contributed by atoms with Gasteiger partial charge in [-0.25, -0.2) is 0 Å². The zero-order valence-electron chi connectivity index (χ0n) is 20.1. The molecule has 0 bridgehead atoms. The van der Waals surface area contributed by atoms with E-state index in [9.17, 15) is 18.0 Å². The van der Waals surface area contributed by atoms with Crippen molar-refractivity contribution in [3.8, 4) is 0 Å². The Kier molecular flexibility index (Phi) is 8.28. The largest absolute Gasteiger partial charge is 0.469 e. The number of aromatic nitrogens is 1. The van der Waals surface area contributed by atoms with Gasteiger partial charge in [-0.1, -0.05) is 12.1 Å². The van der Waals surface area contributed by atoms with Crippen molar-refractivity contribution in [2.24, 2.45) is 5.92 Å². The van der Waals surface area contributed by atoms with Gasteiger partial charge >= 0.3 is 12.1 Å². The standard InChI is InChI=1S/C26H33F3N4O2/c1-35-25(34)9-8-20-18-31(19-22-6-2-3-11-30-22)12-10-24(20)33-15-13-32(14-16-33)23-7-4-5-21(17-23)26(27,28)29/h2-7,11,17,20,24H,8-10,12-16,18-19H2,1H3/t20-,24+/m1/s1. The zero-order chi connectivity index (χ0) is 24.8. The second kappa shape index (κ2) is 11.4. The van der Waals surface area contributed by atoms with E-state index in [0.717, 1.165) is 57.3 Å². The molecule has 9 heteroatoms. The van der Waals surface area contributed by atoms with Gasteiger partial charge in [0.25, 0.3) is 0 Å². The predicted molar refractivity (Wildman–Crippen MR) is 128 cm³/mol. The van der Waals surface area contributed by atoms with Crippen LogP contribution in [0.25, 0.3) is 0 Å². The smallest absolute Gasteiger partial charge is 0.416 e. The molecule has 0 N–H and O–H groups in total. The Morgan fingerprint density at radius 1 is 1.09 bits per heavy atom. The normalized spacial score (nSPS) is 22.2. The Morgan fingerprint density at radius 3 is 2.57 bits per heavy atom. The number of anilines is 1. The number of piperidine rings is 1. The molecule has 0 radical (unpaired) electrons. The maximum absolute atomic E-state index is 13.1. The second-order valence-corrected chi connectivity index (χ2v) is 9.36. The first-order valence-electron chi connectivity index (χ1n) is 12.2. The Morgan fingerprint density at radius 2 is 1.89 bits per heavy atom. The zero-order valence-corrected chi connectivity index (χ0v) is 20.1. The Balaban J connectivity index is 1.39. The first kappa shape index (κ1) is 25.4. The van der Waals surface area contributed by atoms with Crippen molar-refractivity contribution < 1.29 is 22.7 Å². The quantitative estimate of drug-likeness (QED) is 0.546. The number of alkyl halides is 3. The number of pyridine rings is 1. The number of ether oxygens (including phenoxy) is 1. The van der Waals surface area contributed by atoms with Crippen LogP contribution >= 0.6 is 0 Å². The lowest BCUT2D eigenvalue weighted by atomic mass is 9.86. The molecular weight excluding hydrogens is 457 g/mol. The van der Waals surface area contributed by atoms with E-state index >= 15 is 0 Å². The molecule has 1 aromatic heterocycles. The minimum Gasteiger partial charge on any atom is -0.469 e. The number of likely N-dealkylation sites (tertiary alicyclic amines) is 1. The van der Waals surface area contributed by atoms with E-state index in [0.29, 0.717) is 37.2 Å². The number of hydrogen-bond acceptors (Lipinski definition) is 6. The highest BCUT2D eigenvalue weighted by molar-refractivity contribution is 5.69. The van der Waals surface area contributed by atoms with Crippen LogP contribution in [0.4, 0.5) is 18.9 Å². The molecule has 2 aliphatic rings. The average molecular weight is 491 g/mol. The summed E-state index contributed by atoms with van der Waals surface area (Å²) in [5.74, 6) is 0.117. The highest BCUT2D eigenvalue weighted by atomic mass is 19.4. The first-order chi connectivity index (χ1) is 16.8. The van der Waals surface area contributed by atoms with Crippen molar-refractivity contribution in [2.45, 2.75) is 38.0 Å². The molecule has 0 unspecified atom stereocenters. The predicted octanol–water partition coefficient (Wildman–Crippen LogP) is 4.07. The van der Waals surface area contributed by atoms with Crippen molar-refractivity contribution in [3.63, 3.8) is 0 Å². The van der Waals surface area contributed by atoms with Crippen LogP contribution in [-0.2, 0) is 22.3 Å². The molecule has 6 nitrogen and oxygen atoms in total. The number of hydrogen-bond donors (Lipinski definition) is 0. The summed E-state index contributed by atoms with van der Waals surface area (Å²) in [4.78, 5) is 23.2. The van der Waals surface area contributed by atoms with Gasteiger partial charge in [-0.05, 0) is 49.1 Å². The van der Waals surface area contributed by atoms with E-state index in [2.05, 4.69) is 14.8 Å². The molecule has 35 heavy (non-hydrogen) atoms. The van der Waals surface area contributed by atoms with Gasteiger partial charge in [-0.15, -0.1) is 0 Å². The molecular formula is C26H33F3N4O2. The highest BCUT2D eigenvalue weighted by Crippen LogP contribution is 2.33. The summed E-state index contributed by atoms with van der Waals surface area (Å²) in [6, 6.07) is 11.9. The number of piperazine rings is 1. The van der Waals surface area contributed by atoms with Crippen LogP contribution in [0.2, 0.25) is 0 Å². The molecule has 0 spiro atoms. The molecule has 0 aliphatic carbocycles. The summed E-state index contributed by atoms with van der Waals surface area (Å²) in [6.07, 6.45) is -0.403. The lowest BCUT2D eigenvalue weighted by Gasteiger charge is -2.47. The van der Waals surface area contributed by atoms with E-state index in [-0.39, 0.29) is 5.97 Å². The van der Waals surface area contributed by atoms with Crippen LogP contribution in [0.1, 0.15) is 30.5 Å². The van der Waals surface area contributed by atoms with Gasteiger partial charge in [-0.2, -0.15) is 13.2 Å². The lowest BCUT2D eigenvalue weighted by molar-refractivity contribution is -0.141. The van der Waals surface area contributed by atoms with Gasteiger partial charge in [0.1, 0.15) is 0 Å². The second-order valence-electron chi connectivity index (χ2n) is 9.36. The van der Waals surface area contributed by atoms with Crippen LogP contribution in [0.3, 0.4) is 0 Å². The molecule has 2 atom stereocenters. The first-order valence-corrected chi connectivity index (χ1v) is 12.2. The maximum Gasteiger partial charge on any atom is 0.416 e. The van der Waals surface area contributed by atoms with Gasteiger partial charge < -0.3 is 9.64 Å². The van der Waals surface area contributed by atoms with E-state index in [1.54, 1.807) is 12.3 Å². The Hall–Kier alpha value is -2.65. The fraction of sp³-hybridized carbons (Fsp3) is 0.538. The molecule has 0 amide bonds. The van der Waals surface area contributed by atoms with E-state index < -0.39 is 11.7 Å². The van der Waals surface area contributed by atoms with Crippen LogP contribution in [0.5, 0.6) is 0 Å². The molecule has 190 valence electrons. The summed E-state index contributed by atoms with van der Waals surface area (Å²) < 4.78 is 44.3. The third-order valence-corrected chi connectivity index (χ3v) is 7.16. The Labute approximate surface area is 204 Å². The fourth-order valence-electron chi connectivity index (χ4n) is 5.32. The molecule has 0 saturated carbocycles. The van der Waals surface area contributed by atoms with E-state index in [1.165, 1.54) is 19.2 Å². The molecule has 2 fully saturated rings. The number of benzene rings is 1. The summed E-state index contributed by atoms with van der Waals surface area (Å²) in [7, 11) is 1.42. The van der Waals surface area contributed by atoms with E-state index in [4.69, 9.17) is 4.74 Å². The van der Waals surface area contributed by atoms with Crippen LogP contribution < -0.4 is 4.90 Å². The number of carbonyl (C=O) groups is 1. The Bertz CT molecular complexity index is 965. The number of carbonyl (C=O) groups excluding carboxylic acids is 1. The molecule has 4 rings (SSSR count). The summed E-state index contributed by atoms with van der Waals surface area (Å²) in [5, 5.41) is 0. The SMILES string of the molecule is COC(=O)CC[C@@H]1CN(Cc2ccccn2)CC[C@@H]1N1CCN(c2cccc(C(F)(F)F)c2)CC1. The number of methoxy groups -OCH3 is 1. The van der Waals surface area contributed by atoms with Crippen molar-refractivity contribution in [2.75, 3.05) is 51.3 Å². The van der Waals surface area contributed by atoms with Gasteiger partial charge in [0, 0.05) is 70.2 Å². The summed E-state index contributed by atoms with van der Waals surface area (Å²) in [6.45, 7) is 5.55. The molecule has 2 saturated heterocycles. The van der Waals surface area contributed by atoms with E-state index in [1.807, 2.05) is 23.1 Å². The van der Waals surface area contributed by atoms with Gasteiger partial charge in [0.2, 0.25) is 0 Å². The number of halogens is 3. The van der Waals surface area contributed by atoms with Crippen molar-refractivity contribution >= 4 is 11.7 Å². The van der Waals surface area contributed by atoms with Crippen LogP contribution in [-0.4, -0.2) is 73.2 Å². The number of esters is 1. The summed E-state index contributed by atoms with van der Waals surface area (Å²) >= 11 is 0. The topological polar surface area (TPSA) is 48.9 Å². The average Bonchev–Trinajstić information content (AvgIpc) is 2.88. The third kappa shape index (κ3) is 6.73. The van der Waals surface area contributed by atoms with Crippen LogP contribution in [0.15, 0.2) is 48.7 Å². The van der Waals surface area contributed by atoms with Gasteiger partial charge in [-0.3, -0.25) is 19.6 Å². The minimum atomic E-state index is -4.34. The maximum atomic E-state index is 13.1. The number of rotatable bonds is 7. The monoisotopic (exact) mass is 490 g/mol. The van der Waals surface area contributed by atoms with Gasteiger partial charge in [0.05, 0.1) is 18.4 Å². The minimum absolute atomic E-state index is 0.194. The fourth-order valence-corrected chi connectivity index (χ4v) is 5.32. The highest BCUT2D eigenvalue weighted by Gasteiger charge is 2.36. The van der Waals surface area contributed by atoms with Gasteiger partial charge in [0.15, 0.2) is 0 Å². The van der Waals surface area contributed by atoms with Crippen molar-refractivity contribution in [1.29, 1.82) is 0 Å². The van der Waals surface area contributed by atoms with Crippen LogP contribution in [0, 0.1) is 5.92 Å². The molecule has 1 aromatic carbocycles. The third-order valence-electron chi connectivity index (χ3n) is 7.16. The van der Waals surface area contributed by atoms with Crippen molar-refractivity contribution in [1.82, 2.24) is 14.8 Å². The molecule has 2 aromatic rings. The lowest BCUT2D eigenvalue weighted by Crippen LogP contribution is -2.56. The summed E-state index contributed by atoms with van der Waals surface area (Å²) in [5.41, 5.74) is 1.04. The molecule has 2 aliphatic heterocycles.